The predicted octanol–water partition coefficient (Wildman–Crippen LogP) is 3.14. The molecule has 1 saturated heterocycles. The minimum absolute atomic E-state index is 0.0333. The number of benzene rings is 1. The van der Waals surface area contributed by atoms with E-state index >= 15 is 0 Å². The van der Waals surface area contributed by atoms with Crippen LogP contribution in [0.5, 0.6) is 0 Å². The summed E-state index contributed by atoms with van der Waals surface area (Å²) in [6, 6.07) is 5.14. The standard InChI is InChI=1S/C13H18ClN3O2/c1-16-8-3-2-5-10(16)9-15-13-11(14)6-4-7-12(13)17(18)19/h4,6-7,10,15H,2-3,5,8-9H2,1H3. The highest BCUT2D eigenvalue weighted by atomic mass is 35.5. The van der Waals surface area contributed by atoms with Gasteiger partial charge in [-0.3, -0.25) is 10.1 Å². The van der Waals surface area contributed by atoms with Gasteiger partial charge in [-0.2, -0.15) is 0 Å². The molecular weight excluding hydrogens is 266 g/mol. The first-order chi connectivity index (χ1) is 9.09. The second-order valence-electron chi connectivity index (χ2n) is 4.90. The fourth-order valence-corrected chi connectivity index (χ4v) is 2.70. The first-order valence-corrected chi connectivity index (χ1v) is 6.84. The third kappa shape index (κ3) is 3.36. The van der Waals surface area contributed by atoms with Gasteiger partial charge in [-0.05, 0) is 32.5 Å². The monoisotopic (exact) mass is 283 g/mol. The van der Waals surface area contributed by atoms with Gasteiger partial charge in [0.05, 0.1) is 9.95 Å². The maximum atomic E-state index is 11.0. The summed E-state index contributed by atoms with van der Waals surface area (Å²) in [5.74, 6) is 0. The summed E-state index contributed by atoms with van der Waals surface area (Å²) < 4.78 is 0. The van der Waals surface area contributed by atoms with Crippen LogP contribution in [0.25, 0.3) is 0 Å². The van der Waals surface area contributed by atoms with Gasteiger partial charge < -0.3 is 10.2 Å². The molecule has 0 bridgehead atoms. The largest absolute Gasteiger partial charge is 0.377 e. The summed E-state index contributed by atoms with van der Waals surface area (Å²) in [7, 11) is 2.09. The average molecular weight is 284 g/mol. The van der Waals surface area contributed by atoms with Crippen molar-refractivity contribution in [3.63, 3.8) is 0 Å². The zero-order valence-electron chi connectivity index (χ0n) is 10.9. The van der Waals surface area contributed by atoms with E-state index < -0.39 is 4.92 Å². The molecule has 2 rings (SSSR count). The van der Waals surface area contributed by atoms with Crippen molar-refractivity contribution in [1.29, 1.82) is 0 Å². The summed E-state index contributed by atoms with van der Waals surface area (Å²) in [5, 5.41) is 14.5. The number of nitrogens with zero attached hydrogens (tertiary/aromatic N) is 2. The minimum Gasteiger partial charge on any atom is -0.377 e. The molecular formula is C13H18ClN3O2. The number of halogens is 1. The van der Waals surface area contributed by atoms with Crippen LogP contribution in [0.1, 0.15) is 19.3 Å². The molecule has 0 aliphatic carbocycles. The van der Waals surface area contributed by atoms with E-state index in [1.807, 2.05) is 0 Å². The lowest BCUT2D eigenvalue weighted by molar-refractivity contribution is -0.383. The molecule has 1 heterocycles. The van der Waals surface area contributed by atoms with Crippen molar-refractivity contribution in [3.05, 3.63) is 33.3 Å². The molecule has 1 aliphatic heterocycles. The molecule has 1 atom stereocenters. The first kappa shape index (κ1) is 14.1. The highest BCUT2D eigenvalue weighted by Gasteiger charge is 2.21. The Bertz CT molecular complexity index is 467. The fraction of sp³-hybridized carbons (Fsp3) is 0.538. The molecule has 1 N–H and O–H groups in total. The summed E-state index contributed by atoms with van der Waals surface area (Å²) in [6.07, 6.45) is 3.54. The molecule has 0 spiro atoms. The fourth-order valence-electron chi connectivity index (χ4n) is 2.46. The topological polar surface area (TPSA) is 58.4 Å². The maximum absolute atomic E-state index is 11.0. The molecule has 0 aromatic heterocycles. The predicted molar refractivity (Wildman–Crippen MR) is 76.9 cm³/mol. The summed E-state index contributed by atoms with van der Waals surface area (Å²) in [6.45, 7) is 1.76. The van der Waals surface area contributed by atoms with Crippen molar-refractivity contribution < 1.29 is 4.92 Å². The molecule has 1 unspecified atom stereocenters. The van der Waals surface area contributed by atoms with Gasteiger partial charge in [-0.1, -0.05) is 24.1 Å². The number of anilines is 1. The van der Waals surface area contributed by atoms with Crippen LogP contribution in [0.4, 0.5) is 11.4 Å². The number of rotatable bonds is 4. The molecule has 19 heavy (non-hydrogen) atoms. The van der Waals surface area contributed by atoms with E-state index in [1.54, 1.807) is 12.1 Å². The van der Waals surface area contributed by atoms with Crippen LogP contribution in [0.15, 0.2) is 18.2 Å². The third-order valence-electron chi connectivity index (χ3n) is 3.62. The highest BCUT2D eigenvalue weighted by molar-refractivity contribution is 6.33. The lowest BCUT2D eigenvalue weighted by Gasteiger charge is -2.32. The van der Waals surface area contributed by atoms with Crippen LogP contribution in [0.2, 0.25) is 5.02 Å². The zero-order chi connectivity index (χ0) is 13.8. The van der Waals surface area contributed by atoms with Crippen molar-refractivity contribution in [2.24, 2.45) is 0 Å². The maximum Gasteiger partial charge on any atom is 0.293 e. The number of nitro groups is 1. The number of para-hydroxylation sites is 1. The normalized spacial score (nSPS) is 20.2. The van der Waals surface area contributed by atoms with Gasteiger partial charge in [0.2, 0.25) is 0 Å². The van der Waals surface area contributed by atoms with E-state index in [2.05, 4.69) is 17.3 Å². The number of piperidine rings is 1. The summed E-state index contributed by atoms with van der Waals surface area (Å²) in [4.78, 5) is 12.9. The van der Waals surface area contributed by atoms with Gasteiger partial charge in [0.1, 0.15) is 5.69 Å². The van der Waals surface area contributed by atoms with Crippen molar-refractivity contribution in [3.8, 4) is 0 Å². The smallest absolute Gasteiger partial charge is 0.293 e. The van der Waals surface area contributed by atoms with Crippen LogP contribution in [-0.2, 0) is 0 Å². The van der Waals surface area contributed by atoms with Crippen LogP contribution in [-0.4, -0.2) is 36.0 Å². The van der Waals surface area contributed by atoms with Crippen LogP contribution in [0.3, 0.4) is 0 Å². The van der Waals surface area contributed by atoms with Gasteiger partial charge in [0.25, 0.3) is 5.69 Å². The minimum atomic E-state index is -0.404. The molecule has 1 aromatic rings. The Morgan fingerprint density at radius 2 is 2.32 bits per heavy atom. The van der Waals surface area contributed by atoms with Gasteiger partial charge in [-0.25, -0.2) is 0 Å². The molecule has 1 aromatic carbocycles. The van der Waals surface area contributed by atoms with Crippen LogP contribution in [0, 0.1) is 10.1 Å². The number of likely N-dealkylation sites (tertiary alicyclic amines) is 1. The second-order valence-corrected chi connectivity index (χ2v) is 5.31. The van der Waals surface area contributed by atoms with Gasteiger partial charge in [0.15, 0.2) is 0 Å². The Balaban J connectivity index is 2.08. The van der Waals surface area contributed by atoms with E-state index in [-0.39, 0.29) is 5.69 Å². The Labute approximate surface area is 117 Å². The number of hydrogen-bond donors (Lipinski definition) is 1. The SMILES string of the molecule is CN1CCCCC1CNc1c(Cl)cccc1[N+](=O)[O-]. The summed E-state index contributed by atoms with van der Waals surface area (Å²) >= 11 is 6.05. The number of nitro benzene ring substituents is 1. The second kappa shape index (κ2) is 6.21. The van der Waals surface area contributed by atoms with Crippen molar-refractivity contribution in [1.82, 2.24) is 4.90 Å². The molecule has 5 nitrogen and oxygen atoms in total. The molecule has 0 amide bonds. The van der Waals surface area contributed by atoms with Gasteiger partial charge >= 0.3 is 0 Å². The van der Waals surface area contributed by atoms with E-state index in [9.17, 15) is 10.1 Å². The Morgan fingerprint density at radius 1 is 1.53 bits per heavy atom. The van der Waals surface area contributed by atoms with E-state index in [4.69, 9.17) is 11.6 Å². The Kier molecular flexibility index (Phi) is 4.61. The molecule has 0 saturated carbocycles. The average Bonchev–Trinajstić information content (AvgIpc) is 2.38. The van der Waals surface area contributed by atoms with Gasteiger partial charge in [-0.15, -0.1) is 0 Å². The summed E-state index contributed by atoms with van der Waals surface area (Å²) in [5.41, 5.74) is 0.458. The number of likely N-dealkylation sites (N-methyl/N-ethyl adjacent to an activating group) is 1. The molecule has 0 radical (unpaired) electrons. The van der Waals surface area contributed by atoms with Crippen molar-refractivity contribution in [2.45, 2.75) is 25.3 Å². The van der Waals surface area contributed by atoms with E-state index in [0.717, 1.165) is 13.0 Å². The zero-order valence-corrected chi connectivity index (χ0v) is 11.7. The van der Waals surface area contributed by atoms with Gasteiger partial charge in [0, 0.05) is 18.7 Å². The van der Waals surface area contributed by atoms with Crippen molar-refractivity contribution >= 4 is 23.0 Å². The highest BCUT2D eigenvalue weighted by Crippen LogP contribution is 2.32. The van der Waals surface area contributed by atoms with E-state index in [0.29, 0.717) is 23.3 Å². The molecule has 1 fully saturated rings. The van der Waals surface area contributed by atoms with Crippen LogP contribution < -0.4 is 5.32 Å². The number of hydrogen-bond acceptors (Lipinski definition) is 4. The quantitative estimate of drug-likeness (QED) is 0.681. The van der Waals surface area contributed by atoms with Crippen molar-refractivity contribution in [2.75, 3.05) is 25.5 Å². The van der Waals surface area contributed by atoms with Crippen LogP contribution >= 0.6 is 11.6 Å². The number of nitrogens with one attached hydrogen (secondary N) is 1. The lowest BCUT2D eigenvalue weighted by atomic mass is 10.0. The lowest BCUT2D eigenvalue weighted by Crippen LogP contribution is -2.40. The molecule has 1 aliphatic rings. The van der Waals surface area contributed by atoms with E-state index in [1.165, 1.54) is 18.9 Å². The Morgan fingerprint density at radius 3 is 3.00 bits per heavy atom. The molecule has 104 valence electrons. The molecule has 6 heteroatoms. The first-order valence-electron chi connectivity index (χ1n) is 6.46. The Hall–Kier alpha value is -1.33. The third-order valence-corrected chi connectivity index (χ3v) is 3.94.